The summed E-state index contributed by atoms with van der Waals surface area (Å²) in [7, 11) is 0. The molecule has 1 heterocycles. The van der Waals surface area contributed by atoms with Crippen molar-refractivity contribution in [2.45, 2.75) is 19.8 Å². The van der Waals surface area contributed by atoms with Crippen LogP contribution < -0.4 is 0 Å². The van der Waals surface area contributed by atoms with Crippen molar-refractivity contribution in [3.8, 4) is 5.88 Å². The van der Waals surface area contributed by atoms with Crippen molar-refractivity contribution in [3.05, 3.63) is 130 Å². The van der Waals surface area contributed by atoms with Crippen LogP contribution in [0.4, 0.5) is 5.69 Å². The molecule has 37 heavy (non-hydrogen) atoms. The fourth-order valence-electron chi connectivity index (χ4n) is 4.31. The summed E-state index contributed by atoms with van der Waals surface area (Å²) in [4.78, 5) is 14.8. The lowest BCUT2D eigenvalue weighted by Gasteiger charge is -2.24. The Kier molecular flexibility index (Phi) is 7.54. The van der Waals surface area contributed by atoms with Gasteiger partial charge in [0.25, 0.3) is 5.91 Å². The number of amides is 1. The number of carbonyl (C=O) groups is 1. The molecule has 0 aliphatic heterocycles. The maximum Gasteiger partial charge on any atom is 0.295 e. The maximum absolute atomic E-state index is 12.6. The number of halogens is 1. The average Bonchev–Trinajstić information content (AvgIpc) is 3.18. The molecule has 0 bridgehead atoms. The maximum atomic E-state index is 12.6. The van der Waals surface area contributed by atoms with E-state index in [1.165, 1.54) is 11.1 Å². The molecule has 0 fully saturated rings. The summed E-state index contributed by atoms with van der Waals surface area (Å²) in [6.45, 7) is 1.79. The Hall–Kier alpha value is -4.07. The van der Waals surface area contributed by atoms with E-state index >= 15 is 0 Å². The fraction of sp³-hybridized carbons (Fsp3) is 0.100. The number of hydrogen-bond donors (Lipinski definition) is 1. The van der Waals surface area contributed by atoms with Crippen molar-refractivity contribution >= 4 is 38.4 Å². The Morgan fingerprint density at radius 3 is 1.97 bits per heavy atom. The molecule has 184 valence electrons. The van der Waals surface area contributed by atoms with Crippen molar-refractivity contribution in [1.29, 1.82) is 0 Å². The van der Waals surface area contributed by atoms with Crippen LogP contribution in [0, 0.1) is 0 Å². The van der Waals surface area contributed by atoms with Gasteiger partial charge in [-0.2, -0.15) is 0 Å². The number of azo groups is 1. The van der Waals surface area contributed by atoms with E-state index in [0.29, 0.717) is 30.7 Å². The molecule has 0 radical (unpaired) electrons. The molecule has 5 rings (SSSR count). The van der Waals surface area contributed by atoms with E-state index in [4.69, 9.17) is 0 Å². The van der Waals surface area contributed by atoms with Gasteiger partial charge in [0.15, 0.2) is 5.69 Å². The Balaban J connectivity index is 1.51. The second kappa shape index (κ2) is 11.3. The van der Waals surface area contributed by atoms with Gasteiger partial charge < -0.3 is 5.11 Å². The third kappa shape index (κ3) is 5.85. The summed E-state index contributed by atoms with van der Waals surface area (Å²) >= 11 is 3.52. The summed E-state index contributed by atoms with van der Waals surface area (Å²) in [6.07, 6.45) is 0. The van der Waals surface area contributed by atoms with Crippen molar-refractivity contribution in [3.63, 3.8) is 0 Å². The zero-order valence-electron chi connectivity index (χ0n) is 20.0. The number of nitrogens with zero attached hydrogens (tertiary/aromatic N) is 4. The molecule has 4 aromatic carbocycles. The molecule has 0 spiro atoms. The molecule has 6 nitrogen and oxygen atoms in total. The normalized spacial score (nSPS) is 11.5. The predicted octanol–water partition coefficient (Wildman–Crippen LogP) is 7.69. The number of aromatic nitrogens is 1. The van der Waals surface area contributed by atoms with Gasteiger partial charge in [0, 0.05) is 28.5 Å². The van der Waals surface area contributed by atoms with Gasteiger partial charge in [-0.1, -0.05) is 94.8 Å². The molecule has 7 heteroatoms. The predicted molar refractivity (Wildman–Crippen MR) is 149 cm³/mol. The van der Waals surface area contributed by atoms with Gasteiger partial charge in [0.1, 0.15) is 0 Å². The second-order valence-electron chi connectivity index (χ2n) is 8.73. The van der Waals surface area contributed by atoms with Crippen LogP contribution in [0.2, 0.25) is 0 Å². The van der Waals surface area contributed by atoms with Gasteiger partial charge in [-0.3, -0.25) is 14.3 Å². The highest BCUT2D eigenvalue weighted by molar-refractivity contribution is 9.10. The van der Waals surface area contributed by atoms with E-state index in [0.717, 1.165) is 9.99 Å². The van der Waals surface area contributed by atoms with Crippen LogP contribution in [-0.2, 0) is 19.8 Å². The first-order chi connectivity index (χ1) is 18.1. The molecule has 0 aliphatic rings. The van der Waals surface area contributed by atoms with Crippen LogP contribution in [0.5, 0.6) is 5.88 Å². The lowest BCUT2D eigenvalue weighted by molar-refractivity contribution is 0.0995. The third-order valence-electron chi connectivity index (χ3n) is 6.07. The minimum absolute atomic E-state index is 0.0381. The number of carbonyl (C=O) groups excluding carboxylic acids is 1. The standard InChI is InChI=1S/C30H25BrN4O2/c31-25-16-17-27-26(18-25)28(32-33-29(36)24-14-8-3-9-15-24)30(37)35(27)21-34(19-22-10-4-1-5-11-22)20-23-12-6-2-7-13-23/h1-18,37H,19-21H2. The summed E-state index contributed by atoms with van der Waals surface area (Å²) in [6, 6.07) is 35.0. The molecule has 0 unspecified atom stereocenters. The smallest absolute Gasteiger partial charge is 0.295 e. The van der Waals surface area contributed by atoms with Crippen LogP contribution in [-0.4, -0.2) is 20.5 Å². The van der Waals surface area contributed by atoms with Crippen LogP contribution in [0.15, 0.2) is 124 Å². The summed E-state index contributed by atoms with van der Waals surface area (Å²) in [5.41, 5.74) is 3.84. The van der Waals surface area contributed by atoms with E-state index in [2.05, 4.69) is 55.3 Å². The topological polar surface area (TPSA) is 70.2 Å². The molecule has 0 saturated heterocycles. The average molecular weight is 553 g/mol. The van der Waals surface area contributed by atoms with E-state index in [1.807, 2.05) is 65.2 Å². The van der Waals surface area contributed by atoms with E-state index < -0.39 is 5.91 Å². The summed E-state index contributed by atoms with van der Waals surface area (Å²) < 4.78 is 2.66. The zero-order valence-corrected chi connectivity index (χ0v) is 21.6. The summed E-state index contributed by atoms with van der Waals surface area (Å²) in [5.74, 6) is -0.505. The van der Waals surface area contributed by atoms with Gasteiger partial charge in [-0.15, -0.1) is 10.2 Å². The monoisotopic (exact) mass is 552 g/mol. The molecule has 1 N–H and O–H groups in total. The SMILES string of the molecule is O=C(N=Nc1c(O)n(CN(Cc2ccccc2)Cc2ccccc2)c2ccc(Br)cc12)c1ccccc1. The molecule has 0 aliphatic carbocycles. The minimum atomic E-state index is -0.467. The highest BCUT2D eigenvalue weighted by Gasteiger charge is 2.20. The molecule has 0 atom stereocenters. The van der Waals surface area contributed by atoms with E-state index in [-0.39, 0.29) is 11.6 Å². The Morgan fingerprint density at radius 2 is 1.38 bits per heavy atom. The molecule has 5 aromatic rings. The zero-order chi connectivity index (χ0) is 25.6. The second-order valence-corrected chi connectivity index (χ2v) is 9.65. The summed E-state index contributed by atoms with van der Waals surface area (Å²) in [5, 5.41) is 20.2. The molecule has 0 saturated carbocycles. The number of hydrogen-bond acceptors (Lipinski definition) is 4. The number of rotatable bonds is 8. The van der Waals surface area contributed by atoms with Gasteiger partial charge in [-0.25, -0.2) is 0 Å². The van der Waals surface area contributed by atoms with Crippen LogP contribution in [0.3, 0.4) is 0 Å². The Labute approximate surface area is 223 Å². The lowest BCUT2D eigenvalue weighted by Crippen LogP contribution is -2.25. The minimum Gasteiger partial charge on any atom is -0.493 e. The van der Waals surface area contributed by atoms with Crippen LogP contribution in [0.1, 0.15) is 21.5 Å². The Morgan fingerprint density at radius 1 is 0.811 bits per heavy atom. The van der Waals surface area contributed by atoms with Crippen molar-refractivity contribution in [2.75, 3.05) is 0 Å². The molecular weight excluding hydrogens is 528 g/mol. The fourth-order valence-corrected chi connectivity index (χ4v) is 4.67. The highest BCUT2D eigenvalue weighted by Crippen LogP contribution is 2.40. The number of fused-ring (bicyclic) bond motifs is 1. The van der Waals surface area contributed by atoms with Crippen LogP contribution in [0.25, 0.3) is 10.9 Å². The van der Waals surface area contributed by atoms with Crippen molar-refractivity contribution in [1.82, 2.24) is 9.47 Å². The molecular formula is C30H25BrN4O2. The molecule has 1 amide bonds. The lowest BCUT2D eigenvalue weighted by atomic mass is 10.2. The Bertz CT molecular complexity index is 1490. The quantitative estimate of drug-likeness (QED) is 0.200. The van der Waals surface area contributed by atoms with Gasteiger partial charge in [-0.05, 0) is 41.5 Å². The third-order valence-corrected chi connectivity index (χ3v) is 6.57. The van der Waals surface area contributed by atoms with E-state index in [1.54, 1.807) is 24.3 Å². The van der Waals surface area contributed by atoms with Crippen LogP contribution >= 0.6 is 15.9 Å². The highest BCUT2D eigenvalue weighted by atomic mass is 79.9. The number of benzene rings is 4. The first-order valence-corrected chi connectivity index (χ1v) is 12.7. The largest absolute Gasteiger partial charge is 0.493 e. The van der Waals surface area contributed by atoms with Crippen molar-refractivity contribution < 1.29 is 9.90 Å². The van der Waals surface area contributed by atoms with Gasteiger partial charge in [0.05, 0.1) is 12.2 Å². The van der Waals surface area contributed by atoms with E-state index in [9.17, 15) is 9.90 Å². The van der Waals surface area contributed by atoms with Gasteiger partial charge in [0.2, 0.25) is 5.88 Å². The van der Waals surface area contributed by atoms with Gasteiger partial charge >= 0.3 is 0 Å². The molecule has 1 aromatic heterocycles. The first-order valence-electron chi connectivity index (χ1n) is 11.9. The van der Waals surface area contributed by atoms with Crippen molar-refractivity contribution in [2.24, 2.45) is 10.2 Å². The first kappa shape index (κ1) is 24.6. The number of aromatic hydroxyl groups is 1.